The summed E-state index contributed by atoms with van der Waals surface area (Å²) in [7, 11) is 1.72. The quantitative estimate of drug-likeness (QED) is 0.653. The highest BCUT2D eigenvalue weighted by atomic mass is 35.5. The Morgan fingerprint density at radius 3 is 2.88 bits per heavy atom. The van der Waals surface area contributed by atoms with Gasteiger partial charge in [0.05, 0.1) is 0 Å². The Balaban J connectivity index is 0.00000256. The average molecular weight is 265 g/mol. The summed E-state index contributed by atoms with van der Waals surface area (Å²) in [6.45, 7) is 2.68. The fraction of sp³-hybridized carbons (Fsp3) is 0.917. The van der Waals surface area contributed by atoms with E-state index in [1.807, 2.05) is 0 Å². The molecular formula is C12H25ClN2O2. The SMILES string of the molecule is COCCCCCNC(=O)CC1CCCN1.Cl. The molecule has 17 heavy (non-hydrogen) atoms. The van der Waals surface area contributed by atoms with E-state index in [9.17, 15) is 4.79 Å². The molecule has 5 heteroatoms. The zero-order valence-electron chi connectivity index (χ0n) is 10.7. The summed E-state index contributed by atoms with van der Waals surface area (Å²) in [6.07, 6.45) is 6.23. The number of rotatable bonds is 8. The number of unbranched alkanes of at least 4 members (excludes halogenated alkanes) is 2. The topological polar surface area (TPSA) is 50.4 Å². The summed E-state index contributed by atoms with van der Waals surface area (Å²) in [5.74, 6) is 0.186. The van der Waals surface area contributed by atoms with Crippen molar-refractivity contribution in [3.05, 3.63) is 0 Å². The van der Waals surface area contributed by atoms with Crippen molar-refractivity contribution in [2.45, 2.75) is 44.6 Å². The molecule has 0 aromatic carbocycles. The van der Waals surface area contributed by atoms with Gasteiger partial charge in [0.1, 0.15) is 0 Å². The molecule has 1 heterocycles. The molecule has 1 saturated heterocycles. The van der Waals surface area contributed by atoms with Crippen molar-refractivity contribution in [3.63, 3.8) is 0 Å². The molecule has 1 rings (SSSR count). The van der Waals surface area contributed by atoms with Crippen molar-refractivity contribution in [1.82, 2.24) is 10.6 Å². The highest BCUT2D eigenvalue weighted by Gasteiger charge is 2.16. The van der Waals surface area contributed by atoms with E-state index in [2.05, 4.69) is 10.6 Å². The highest BCUT2D eigenvalue weighted by molar-refractivity contribution is 5.85. The Morgan fingerprint density at radius 1 is 1.41 bits per heavy atom. The van der Waals surface area contributed by atoms with E-state index >= 15 is 0 Å². The highest BCUT2D eigenvalue weighted by Crippen LogP contribution is 2.08. The van der Waals surface area contributed by atoms with Crippen LogP contribution in [0.5, 0.6) is 0 Å². The minimum absolute atomic E-state index is 0. The second kappa shape index (κ2) is 10.8. The maximum absolute atomic E-state index is 11.5. The van der Waals surface area contributed by atoms with Crippen molar-refractivity contribution >= 4 is 18.3 Å². The molecule has 0 aliphatic carbocycles. The zero-order chi connectivity index (χ0) is 11.6. The predicted molar refractivity (Wildman–Crippen MR) is 71.6 cm³/mol. The largest absolute Gasteiger partial charge is 0.385 e. The third kappa shape index (κ3) is 8.41. The monoisotopic (exact) mass is 264 g/mol. The molecule has 0 bridgehead atoms. The van der Waals surface area contributed by atoms with E-state index in [4.69, 9.17) is 4.74 Å². The fourth-order valence-corrected chi connectivity index (χ4v) is 2.00. The van der Waals surface area contributed by atoms with Crippen molar-refractivity contribution in [2.24, 2.45) is 0 Å². The number of carbonyl (C=O) groups excluding carboxylic acids is 1. The van der Waals surface area contributed by atoms with E-state index in [1.165, 1.54) is 6.42 Å². The Bertz CT molecular complexity index is 197. The molecule has 4 nitrogen and oxygen atoms in total. The Morgan fingerprint density at radius 2 is 2.24 bits per heavy atom. The molecule has 1 amide bonds. The van der Waals surface area contributed by atoms with E-state index in [0.717, 1.165) is 45.4 Å². The van der Waals surface area contributed by atoms with Gasteiger partial charge >= 0.3 is 0 Å². The van der Waals surface area contributed by atoms with Gasteiger partial charge in [-0.25, -0.2) is 0 Å². The van der Waals surface area contributed by atoms with E-state index in [1.54, 1.807) is 7.11 Å². The van der Waals surface area contributed by atoms with Gasteiger partial charge in [-0.15, -0.1) is 12.4 Å². The third-order valence-corrected chi connectivity index (χ3v) is 2.94. The van der Waals surface area contributed by atoms with Crippen LogP contribution in [0.25, 0.3) is 0 Å². The molecule has 1 fully saturated rings. The Hall–Kier alpha value is -0.320. The molecule has 0 aromatic heterocycles. The van der Waals surface area contributed by atoms with Crippen molar-refractivity contribution < 1.29 is 9.53 Å². The van der Waals surface area contributed by atoms with Gasteiger partial charge in [-0.1, -0.05) is 0 Å². The second-order valence-corrected chi connectivity index (χ2v) is 4.40. The first-order chi connectivity index (χ1) is 7.83. The number of halogens is 1. The first-order valence-electron chi connectivity index (χ1n) is 6.32. The number of carbonyl (C=O) groups is 1. The standard InChI is InChI=1S/C12H24N2O2.ClH/c1-16-9-4-2-3-7-14-12(15)10-11-6-5-8-13-11;/h11,13H,2-10H2,1H3,(H,14,15);1H. The van der Waals surface area contributed by atoms with Crippen LogP contribution in [0.2, 0.25) is 0 Å². The van der Waals surface area contributed by atoms with Crippen LogP contribution in [0.3, 0.4) is 0 Å². The lowest BCUT2D eigenvalue weighted by molar-refractivity contribution is -0.121. The van der Waals surface area contributed by atoms with Crippen LogP contribution in [0, 0.1) is 0 Å². The lowest BCUT2D eigenvalue weighted by atomic mass is 10.1. The van der Waals surface area contributed by atoms with Crippen LogP contribution < -0.4 is 10.6 Å². The van der Waals surface area contributed by atoms with Gasteiger partial charge in [0.2, 0.25) is 5.91 Å². The average Bonchev–Trinajstić information content (AvgIpc) is 2.76. The van der Waals surface area contributed by atoms with Crippen LogP contribution in [0.4, 0.5) is 0 Å². The van der Waals surface area contributed by atoms with Gasteiger partial charge in [-0.3, -0.25) is 4.79 Å². The van der Waals surface area contributed by atoms with E-state index in [-0.39, 0.29) is 18.3 Å². The van der Waals surface area contributed by atoms with Crippen LogP contribution in [0.15, 0.2) is 0 Å². The second-order valence-electron chi connectivity index (χ2n) is 4.40. The maximum atomic E-state index is 11.5. The van der Waals surface area contributed by atoms with Crippen LogP contribution >= 0.6 is 12.4 Å². The van der Waals surface area contributed by atoms with Gasteiger partial charge in [-0.05, 0) is 38.6 Å². The summed E-state index contributed by atoms with van der Waals surface area (Å²) in [6, 6.07) is 0.411. The van der Waals surface area contributed by atoms with E-state index in [0.29, 0.717) is 12.5 Å². The molecule has 1 atom stereocenters. The van der Waals surface area contributed by atoms with Crippen LogP contribution in [-0.4, -0.2) is 38.8 Å². The minimum atomic E-state index is 0. The Kier molecular flexibility index (Phi) is 10.6. The number of methoxy groups -OCH3 is 1. The summed E-state index contributed by atoms with van der Waals surface area (Å²) >= 11 is 0. The van der Waals surface area contributed by atoms with Crippen LogP contribution in [0.1, 0.15) is 38.5 Å². The molecule has 0 radical (unpaired) electrons. The van der Waals surface area contributed by atoms with Crippen LogP contribution in [-0.2, 0) is 9.53 Å². The normalized spacial score (nSPS) is 18.8. The maximum Gasteiger partial charge on any atom is 0.221 e. The first kappa shape index (κ1) is 16.7. The lowest BCUT2D eigenvalue weighted by Crippen LogP contribution is -2.32. The molecule has 0 spiro atoms. The smallest absolute Gasteiger partial charge is 0.221 e. The molecule has 0 saturated carbocycles. The van der Waals surface area contributed by atoms with Crippen molar-refractivity contribution in [2.75, 3.05) is 26.8 Å². The minimum Gasteiger partial charge on any atom is -0.385 e. The Labute approximate surface area is 110 Å². The number of amides is 1. The third-order valence-electron chi connectivity index (χ3n) is 2.94. The van der Waals surface area contributed by atoms with Crippen molar-refractivity contribution in [1.29, 1.82) is 0 Å². The van der Waals surface area contributed by atoms with Gasteiger partial charge < -0.3 is 15.4 Å². The molecule has 102 valence electrons. The summed E-state index contributed by atoms with van der Waals surface area (Å²) in [5, 5.41) is 6.30. The predicted octanol–water partition coefficient (Wildman–Crippen LogP) is 1.48. The van der Waals surface area contributed by atoms with Gasteiger partial charge in [-0.2, -0.15) is 0 Å². The molecule has 1 aliphatic heterocycles. The number of nitrogens with one attached hydrogen (secondary N) is 2. The number of ether oxygens (including phenoxy) is 1. The van der Waals surface area contributed by atoms with E-state index < -0.39 is 0 Å². The number of hydrogen-bond donors (Lipinski definition) is 2. The summed E-state index contributed by atoms with van der Waals surface area (Å²) in [5.41, 5.74) is 0. The molecule has 2 N–H and O–H groups in total. The zero-order valence-corrected chi connectivity index (χ0v) is 11.5. The van der Waals surface area contributed by atoms with Gasteiger partial charge in [0, 0.05) is 32.7 Å². The summed E-state index contributed by atoms with van der Waals surface area (Å²) < 4.78 is 4.96. The molecule has 0 aromatic rings. The first-order valence-corrected chi connectivity index (χ1v) is 6.32. The molecule has 1 aliphatic rings. The lowest BCUT2D eigenvalue weighted by Gasteiger charge is -2.10. The van der Waals surface area contributed by atoms with Gasteiger partial charge in [0.25, 0.3) is 0 Å². The molecular weight excluding hydrogens is 240 g/mol. The molecule has 1 unspecified atom stereocenters. The summed E-state index contributed by atoms with van der Waals surface area (Å²) in [4.78, 5) is 11.5. The van der Waals surface area contributed by atoms with Crippen molar-refractivity contribution in [3.8, 4) is 0 Å². The van der Waals surface area contributed by atoms with Gasteiger partial charge in [0.15, 0.2) is 0 Å². The number of hydrogen-bond acceptors (Lipinski definition) is 3. The fourth-order valence-electron chi connectivity index (χ4n) is 2.00.